The van der Waals surface area contributed by atoms with Gasteiger partial charge in [-0.1, -0.05) is 0 Å². The fourth-order valence-electron chi connectivity index (χ4n) is 1.41. The summed E-state index contributed by atoms with van der Waals surface area (Å²) in [4.78, 5) is 0. The Bertz CT molecular complexity index is 210. The molecule has 1 aliphatic rings. The van der Waals surface area contributed by atoms with Gasteiger partial charge in [0.15, 0.2) is 11.4 Å². The predicted octanol–water partition coefficient (Wildman–Crippen LogP) is -5.26. The quantitative estimate of drug-likeness (QED) is 0.183. The van der Waals surface area contributed by atoms with Gasteiger partial charge in [0.25, 0.3) is 0 Å². The molecule has 1 aliphatic carbocycles. The molecular weight excluding hydrogens is 196 g/mol. The number of hydrogen-bond donors (Lipinski definition) is 8. The van der Waals surface area contributed by atoms with Crippen LogP contribution in [0.25, 0.3) is 0 Å². The zero-order valence-electron chi connectivity index (χ0n) is 7.15. The van der Waals surface area contributed by atoms with E-state index in [4.69, 9.17) is 26.8 Å². The first-order valence-electron chi connectivity index (χ1n) is 3.88. The number of aliphatic hydroxyl groups excluding tert-OH is 4. The molecule has 8 heteroatoms. The third-order valence-electron chi connectivity index (χ3n) is 2.47. The topological polar surface area (TPSA) is 173 Å². The molecule has 0 aromatic heterocycles. The summed E-state index contributed by atoms with van der Waals surface area (Å²) in [5, 5.41) is 55.3. The summed E-state index contributed by atoms with van der Waals surface area (Å²) in [6.07, 6.45) is -8.18. The molecule has 2 unspecified atom stereocenters. The van der Waals surface area contributed by atoms with Crippen molar-refractivity contribution in [2.75, 3.05) is 0 Å². The molecule has 0 aliphatic heterocycles. The predicted molar refractivity (Wildman–Crippen MR) is 42.3 cm³/mol. The van der Waals surface area contributed by atoms with Gasteiger partial charge in [-0.05, 0) is 0 Å². The van der Waals surface area contributed by atoms with Crippen molar-refractivity contribution in [2.24, 2.45) is 11.5 Å². The lowest BCUT2D eigenvalue weighted by molar-refractivity contribution is -0.301. The largest absolute Gasteiger partial charge is 0.387 e. The third kappa shape index (κ3) is 1.33. The fourth-order valence-corrected chi connectivity index (χ4v) is 1.41. The summed E-state index contributed by atoms with van der Waals surface area (Å²) in [5.41, 5.74) is 4.69. The van der Waals surface area contributed by atoms with Crippen molar-refractivity contribution < 1.29 is 30.6 Å². The molecular formula is C6H14N2O6. The second-order valence-corrected chi connectivity index (χ2v) is 3.56. The van der Waals surface area contributed by atoms with Crippen LogP contribution in [0.15, 0.2) is 0 Å². The van der Waals surface area contributed by atoms with Crippen LogP contribution in [0.5, 0.6) is 0 Å². The minimum absolute atomic E-state index is 1.96. The van der Waals surface area contributed by atoms with Gasteiger partial charge in [0.2, 0.25) is 0 Å². The van der Waals surface area contributed by atoms with Gasteiger partial charge in [0.1, 0.15) is 24.4 Å². The van der Waals surface area contributed by atoms with Crippen molar-refractivity contribution in [3.8, 4) is 0 Å². The van der Waals surface area contributed by atoms with Gasteiger partial charge in [-0.2, -0.15) is 0 Å². The Morgan fingerprint density at radius 1 is 0.786 bits per heavy atom. The van der Waals surface area contributed by atoms with E-state index < -0.39 is 35.9 Å². The average Bonchev–Trinajstić information content (AvgIpc) is 2.11. The second-order valence-electron chi connectivity index (χ2n) is 3.56. The molecule has 0 spiro atoms. The first kappa shape index (κ1) is 11.8. The Balaban J connectivity index is 3.09. The lowest BCUT2D eigenvalue weighted by Gasteiger charge is -2.50. The third-order valence-corrected chi connectivity index (χ3v) is 2.47. The van der Waals surface area contributed by atoms with Crippen molar-refractivity contribution in [1.82, 2.24) is 0 Å². The number of nitrogens with two attached hydrogens (primary N) is 2. The maximum atomic E-state index is 9.30. The number of aliphatic hydroxyl groups is 6. The lowest BCUT2D eigenvalue weighted by atomic mass is 9.77. The van der Waals surface area contributed by atoms with E-state index in [1.54, 1.807) is 0 Å². The summed E-state index contributed by atoms with van der Waals surface area (Å²) in [7, 11) is 0. The monoisotopic (exact) mass is 210 g/mol. The van der Waals surface area contributed by atoms with Crippen molar-refractivity contribution in [1.29, 1.82) is 0 Å². The summed E-state index contributed by atoms with van der Waals surface area (Å²) in [6.45, 7) is 0. The van der Waals surface area contributed by atoms with Gasteiger partial charge in [-0.15, -0.1) is 0 Å². The molecule has 0 saturated heterocycles. The van der Waals surface area contributed by atoms with E-state index in [2.05, 4.69) is 0 Å². The van der Waals surface area contributed by atoms with Crippen molar-refractivity contribution in [3.05, 3.63) is 0 Å². The minimum atomic E-state index is -2.69. The maximum Gasteiger partial charge on any atom is 0.172 e. The Morgan fingerprint density at radius 3 is 1.36 bits per heavy atom. The van der Waals surface area contributed by atoms with Gasteiger partial charge in [-0.25, -0.2) is 0 Å². The van der Waals surface area contributed by atoms with Gasteiger partial charge < -0.3 is 30.6 Å². The summed E-state index contributed by atoms with van der Waals surface area (Å²) >= 11 is 0. The molecule has 10 N–H and O–H groups in total. The highest BCUT2D eigenvalue weighted by molar-refractivity contribution is 5.10. The first-order valence-corrected chi connectivity index (χ1v) is 3.88. The molecule has 0 aromatic carbocycles. The van der Waals surface area contributed by atoms with E-state index in [1.165, 1.54) is 0 Å². The minimum Gasteiger partial charge on any atom is -0.387 e. The zero-order chi connectivity index (χ0) is 11.3. The standard InChI is InChI=1S/C6H14N2O6/c7-5(13)2(10)1(9)3(11)6(8,14)4(5)12/h1-4,9-14H,7-8H2/t1?,2-,3+,4?,5+,6-. The lowest BCUT2D eigenvalue weighted by Crippen LogP contribution is -2.82. The van der Waals surface area contributed by atoms with Crippen LogP contribution in [0.2, 0.25) is 0 Å². The Labute approximate surface area is 79.0 Å². The smallest absolute Gasteiger partial charge is 0.172 e. The second kappa shape index (κ2) is 3.08. The van der Waals surface area contributed by atoms with Crippen molar-refractivity contribution >= 4 is 0 Å². The van der Waals surface area contributed by atoms with E-state index in [-0.39, 0.29) is 0 Å². The summed E-state index contributed by atoms with van der Waals surface area (Å²) in [6, 6.07) is 0. The molecule has 0 bridgehead atoms. The summed E-state index contributed by atoms with van der Waals surface area (Å²) in [5.74, 6) is 0. The molecule has 14 heavy (non-hydrogen) atoms. The van der Waals surface area contributed by atoms with Crippen LogP contribution in [0.3, 0.4) is 0 Å². The average molecular weight is 210 g/mol. The van der Waals surface area contributed by atoms with Crippen molar-refractivity contribution in [3.63, 3.8) is 0 Å². The van der Waals surface area contributed by atoms with Gasteiger partial charge in [0.05, 0.1) is 0 Å². The normalized spacial score (nSPS) is 60.0. The van der Waals surface area contributed by atoms with Crippen LogP contribution in [0, 0.1) is 0 Å². The Morgan fingerprint density at radius 2 is 1.07 bits per heavy atom. The molecule has 0 heterocycles. The van der Waals surface area contributed by atoms with Crippen LogP contribution in [0.1, 0.15) is 0 Å². The van der Waals surface area contributed by atoms with E-state index in [0.29, 0.717) is 0 Å². The highest BCUT2D eigenvalue weighted by atomic mass is 16.4. The van der Waals surface area contributed by atoms with Crippen molar-refractivity contribution in [2.45, 2.75) is 35.9 Å². The molecule has 1 saturated carbocycles. The molecule has 84 valence electrons. The van der Waals surface area contributed by atoms with Crippen LogP contribution < -0.4 is 11.5 Å². The van der Waals surface area contributed by atoms with Crippen LogP contribution in [0.4, 0.5) is 0 Å². The molecule has 0 amide bonds. The molecule has 6 atom stereocenters. The van der Waals surface area contributed by atoms with Gasteiger partial charge in [-0.3, -0.25) is 11.5 Å². The molecule has 0 radical (unpaired) electrons. The first-order chi connectivity index (χ1) is 6.13. The molecule has 0 aromatic rings. The Hall–Kier alpha value is -0.320. The van der Waals surface area contributed by atoms with Crippen LogP contribution >= 0.6 is 0 Å². The number of hydrogen-bond acceptors (Lipinski definition) is 8. The van der Waals surface area contributed by atoms with Crippen LogP contribution in [-0.2, 0) is 0 Å². The maximum absolute atomic E-state index is 9.30. The van der Waals surface area contributed by atoms with E-state index in [0.717, 1.165) is 0 Å². The SMILES string of the molecule is N[C@]1(O)C(O)[C@@](N)(O)[C@H](O)C(O)[C@@H]1O. The van der Waals surface area contributed by atoms with Gasteiger partial charge >= 0.3 is 0 Å². The van der Waals surface area contributed by atoms with Crippen LogP contribution in [-0.4, -0.2) is 66.5 Å². The molecule has 8 nitrogen and oxygen atoms in total. The zero-order valence-corrected chi connectivity index (χ0v) is 7.15. The van der Waals surface area contributed by atoms with Gasteiger partial charge in [0, 0.05) is 0 Å². The summed E-state index contributed by atoms with van der Waals surface area (Å²) < 4.78 is 0. The Kier molecular flexibility index (Phi) is 2.59. The fraction of sp³-hybridized carbons (Fsp3) is 1.00. The van der Waals surface area contributed by atoms with E-state index in [1.807, 2.05) is 0 Å². The number of rotatable bonds is 0. The molecule has 1 fully saturated rings. The van der Waals surface area contributed by atoms with E-state index >= 15 is 0 Å². The molecule has 1 rings (SSSR count). The van der Waals surface area contributed by atoms with E-state index in [9.17, 15) is 15.3 Å². The highest BCUT2D eigenvalue weighted by Gasteiger charge is 2.62. The highest BCUT2D eigenvalue weighted by Crippen LogP contribution is 2.30.